The minimum atomic E-state index is -4.70. The third-order valence-corrected chi connectivity index (χ3v) is 18.3. The number of carbonyl (C=O) groups excluding carboxylic acids is 2. The molecule has 0 aromatic rings. The molecule has 0 rings (SSSR count). The Hall–Kier alpha value is -1.77. The fourth-order valence-electron chi connectivity index (χ4n) is 11.5. The first kappa shape index (κ1) is 84.2. The third kappa shape index (κ3) is 66.6. The predicted octanol–water partition coefficient (Wildman–Crippen LogP) is 23.6. The van der Waals surface area contributed by atoms with Gasteiger partial charge in [-0.15, -0.1) is 0 Å². The second-order valence-electron chi connectivity index (χ2n) is 27.2. The number of allylic oxidation sites excluding steroid dienone is 5. The van der Waals surface area contributed by atoms with E-state index in [0.29, 0.717) is 17.4 Å². The maximum atomic E-state index is 13.6. The smallest absolute Gasteiger partial charge is 0.306 e. The second-order valence-corrected chi connectivity index (χ2v) is 28.6. The summed E-state index contributed by atoms with van der Waals surface area (Å²) in [5, 5.41) is 3.05. The summed E-state index contributed by atoms with van der Waals surface area (Å²) in [6.07, 6.45) is 82.8. The van der Waals surface area contributed by atoms with Gasteiger partial charge in [-0.25, -0.2) is 0 Å². The monoisotopic (exact) mass is 1230 g/mol. The van der Waals surface area contributed by atoms with Gasteiger partial charge in [0.1, 0.15) is 19.3 Å². The lowest BCUT2D eigenvalue weighted by Crippen LogP contribution is -2.47. The van der Waals surface area contributed by atoms with Crippen LogP contribution >= 0.6 is 7.82 Å². The summed E-state index contributed by atoms with van der Waals surface area (Å²) in [4.78, 5) is 40.2. The molecule has 0 bridgehead atoms. The Balaban J connectivity index is 4.96. The lowest BCUT2D eigenvalue weighted by atomic mass is 10.0. The van der Waals surface area contributed by atoms with Crippen LogP contribution in [0.15, 0.2) is 36.5 Å². The summed E-state index contributed by atoms with van der Waals surface area (Å²) >= 11 is 0. The van der Waals surface area contributed by atoms with Crippen LogP contribution in [0.25, 0.3) is 0 Å². The van der Waals surface area contributed by atoms with Gasteiger partial charge in [-0.05, 0) is 63.9 Å². The molecule has 0 aliphatic heterocycles. The largest absolute Gasteiger partial charge is 0.756 e. The van der Waals surface area contributed by atoms with Gasteiger partial charge >= 0.3 is 5.97 Å². The zero-order valence-electron chi connectivity index (χ0n) is 58.3. The van der Waals surface area contributed by atoms with Gasteiger partial charge in [0, 0.05) is 12.8 Å². The zero-order valence-corrected chi connectivity index (χ0v) is 59.2. The summed E-state index contributed by atoms with van der Waals surface area (Å²) in [6.45, 7) is 6.89. The molecule has 9 nitrogen and oxygen atoms in total. The molecule has 86 heavy (non-hydrogen) atoms. The molecule has 0 aliphatic carbocycles. The fraction of sp³-hybridized carbons (Fsp3) is 0.895. The summed E-state index contributed by atoms with van der Waals surface area (Å²) in [6, 6.07) is -0.886. The molecule has 0 aromatic carbocycles. The molecule has 0 aliphatic rings. The van der Waals surface area contributed by atoms with Crippen molar-refractivity contribution in [3.05, 3.63) is 36.5 Å². The van der Waals surface area contributed by atoms with E-state index in [1.54, 1.807) is 0 Å². The van der Waals surface area contributed by atoms with E-state index in [4.69, 9.17) is 13.8 Å². The van der Waals surface area contributed by atoms with Crippen molar-refractivity contribution in [3.63, 3.8) is 0 Å². The highest BCUT2D eigenvalue weighted by atomic mass is 31.2. The molecule has 0 heterocycles. The molecule has 0 spiro atoms. The maximum absolute atomic E-state index is 13.6. The number of phosphoric ester groups is 1. The highest BCUT2D eigenvalue weighted by Crippen LogP contribution is 2.38. The van der Waals surface area contributed by atoms with Crippen LogP contribution < -0.4 is 10.2 Å². The van der Waals surface area contributed by atoms with Crippen molar-refractivity contribution < 1.29 is 37.3 Å². The van der Waals surface area contributed by atoms with Crippen LogP contribution in [0.3, 0.4) is 0 Å². The molecule has 1 amide bonds. The first-order valence-electron chi connectivity index (χ1n) is 37.8. The number of esters is 1. The van der Waals surface area contributed by atoms with E-state index in [1.807, 2.05) is 33.3 Å². The SMILES string of the molecule is CCCCC/C=C\C/C=C\CCCCCCCCCCCCCCCC(=O)NC(COP(=O)([O-])OCC[N+](C)(C)C)C(/C=C/CCCCCCCCCCCC)OC(=O)CCCCCCCCCCCCCCCCCCCCCCCCCCC. The van der Waals surface area contributed by atoms with Crippen LogP contribution in [0.4, 0.5) is 0 Å². The number of likely N-dealkylation sites (N-methyl/N-ethyl adjacent to an activating group) is 1. The normalized spacial score (nSPS) is 13.6. The molecule has 1 N–H and O–H groups in total. The van der Waals surface area contributed by atoms with Crippen molar-refractivity contribution in [1.82, 2.24) is 5.32 Å². The first-order valence-corrected chi connectivity index (χ1v) is 39.3. The quantitative estimate of drug-likeness (QED) is 0.0212. The third-order valence-electron chi connectivity index (χ3n) is 17.3. The average molecular weight is 1230 g/mol. The Morgan fingerprint density at radius 1 is 0.407 bits per heavy atom. The van der Waals surface area contributed by atoms with E-state index in [0.717, 1.165) is 64.2 Å². The molecule has 0 saturated carbocycles. The number of phosphoric acid groups is 1. The molecular formula is C76H147N2O7P. The molecule has 508 valence electrons. The number of nitrogens with one attached hydrogen (secondary N) is 1. The number of hydrogen-bond acceptors (Lipinski definition) is 7. The van der Waals surface area contributed by atoms with Crippen molar-refractivity contribution in [2.24, 2.45) is 0 Å². The van der Waals surface area contributed by atoms with Gasteiger partial charge < -0.3 is 28.5 Å². The lowest BCUT2D eigenvalue weighted by Gasteiger charge is -2.30. The molecular weight excluding hydrogens is 1080 g/mol. The van der Waals surface area contributed by atoms with E-state index in [9.17, 15) is 19.0 Å². The number of ether oxygens (including phenoxy) is 1. The Morgan fingerprint density at radius 3 is 1.07 bits per heavy atom. The molecule has 0 fully saturated rings. The minimum absolute atomic E-state index is 0.0192. The summed E-state index contributed by atoms with van der Waals surface area (Å²) < 4.78 is 30.5. The van der Waals surface area contributed by atoms with Gasteiger partial charge in [0.2, 0.25) is 5.91 Å². The minimum Gasteiger partial charge on any atom is -0.756 e. The zero-order chi connectivity index (χ0) is 62.8. The van der Waals surface area contributed by atoms with Crippen LogP contribution in [-0.4, -0.2) is 69.4 Å². The second kappa shape index (κ2) is 66.2. The van der Waals surface area contributed by atoms with Crippen molar-refractivity contribution in [1.29, 1.82) is 0 Å². The average Bonchev–Trinajstić information content (AvgIpc) is 3.66. The van der Waals surface area contributed by atoms with E-state index >= 15 is 0 Å². The summed E-state index contributed by atoms with van der Waals surface area (Å²) in [5.74, 6) is -0.519. The lowest BCUT2D eigenvalue weighted by molar-refractivity contribution is -0.870. The van der Waals surface area contributed by atoms with Gasteiger partial charge in [-0.2, -0.15) is 0 Å². The van der Waals surface area contributed by atoms with Crippen molar-refractivity contribution in [2.75, 3.05) is 40.9 Å². The predicted molar refractivity (Wildman–Crippen MR) is 372 cm³/mol. The van der Waals surface area contributed by atoms with Crippen LogP contribution in [-0.2, 0) is 27.9 Å². The van der Waals surface area contributed by atoms with Crippen molar-refractivity contribution in [3.8, 4) is 0 Å². The highest BCUT2D eigenvalue weighted by Gasteiger charge is 2.27. The molecule has 3 atom stereocenters. The van der Waals surface area contributed by atoms with Crippen LogP contribution in [0.1, 0.15) is 387 Å². The fourth-order valence-corrected chi connectivity index (χ4v) is 12.2. The van der Waals surface area contributed by atoms with Crippen molar-refractivity contribution in [2.45, 2.75) is 399 Å². The van der Waals surface area contributed by atoms with E-state index < -0.39 is 20.0 Å². The first-order chi connectivity index (χ1) is 41.9. The van der Waals surface area contributed by atoms with Gasteiger partial charge in [0.15, 0.2) is 0 Å². The van der Waals surface area contributed by atoms with Crippen LogP contribution in [0.5, 0.6) is 0 Å². The van der Waals surface area contributed by atoms with Crippen LogP contribution in [0.2, 0.25) is 0 Å². The Morgan fingerprint density at radius 2 is 0.709 bits per heavy atom. The molecule has 3 unspecified atom stereocenters. The molecule has 0 aromatic heterocycles. The summed E-state index contributed by atoms with van der Waals surface area (Å²) in [5.41, 5.74) is 0. The molecule has 10 heteroatoms. The number of hydrogen-bond donors (Lipinski definition) is 1. The van der Waals surface area contributed by atoms with Gasteiger partial charge in [-0.1, -0.05) is 347 Å². The Kier molecular flexibility index (Phi) is 64.8. The van der Waals surface area contributed by atoms with Crippen LogP contribution in [0, 0.1) is 0 Å². The highest BCUT2D eigenvalue weighted by molar-refractivity contribution is 7.45. The van der Waals surface area contributed by atoms with Crippen molar-refractivity contribution >= 4 is 19.7 Å². The molecule has 0 radical (unpaired) electrons. The Labute approximate surface area is 536 Å². The topological polar surface area (TPSA) is 114 Å². The maximum Gasteiger partial charge on any atom is 0.306 e. The van der Waals surface area contributed by atoms with E-state index in [1.165, 1.54) is 289 Å². The Bertz CT molecular complexity index is 1560. The van der Waals surface area contributed by atoms with E-state index in [2.05, 4.69) is 50.4 Å². The van der Waals surface area contributed by atoms with E-state index in [-0.39, 0.29) is 31.5 Å². The van der Waals surface area contributed by atoms with Gasteiger partial charge in [-0.3, -0.25) is 14.2 Å². The van der Waals surface area contributed by atoms with Gasteiger partial charge in [0.05, 0.1) is 33.8 Å². The number of unbranched alkanes of at least 4 members (excludes halogenated alkanes) is 50. The number of quaternary nitrogens is 1. The number of amides is 1. The molecule has 0 saturated heterocycles. The number of carbonyl (C=O) groups is 2. The number of nitrogens with zero attached hydrogens (tertiary/aromatic N) is 1. The summed E-state index contributed by atoms with van der Waals surface area (Å²) in [7, 11) is 1.20. The van der Waals surface area contributed by atoms with Gasteiger partial charge in [0.25, 0.3) is 7.82 Å². The standard InChI is InChI=1S/C76H147N2O7P/c1-7-10-13-16-19-22-25-28-30-32-34-36-38-39-41-43-45-47-49-51-54-57-60-63-66-69-76(80)85-74(67-64-61-58-55-52-27-24-21-18-15-12-9-3)73(72-84-86(81,82)83-71-70-78(4,5)6)77-75(79)68-65-62-59-56-53-50-48-46-44-42-40-37-35-33-31-29-26-23-20-17-14-11-8-2/h20,23,29,31,64,67,73-74H,7-19,21-22,24-28,30,32-63,65-66,68-72H2,1-6H3,(H-,77,79,81,82)/b23-20-,31-29-,67-64+. The number of rotatable bonds is 70.